The molecule has 1 fully saturated rings. The molecule has 0 atom stereocenters. The highest BCUT2D eigenvalue weighted by molar-refractivity contribution is 5.95. The summed E-state index contributed by atoms with van der Waals surface area (Å²) in [5.41, 5.74) is 4.21. The summed E-state index contributed by atoms with van der Waals surface area (Å²) in [6.07, 6.45) is 1.54. The first kappa shape index (κ1) is 26.6. The standard InChI is InChI=1S/C22H24F5NO.CH5N/c1-15(4-3-5-16(2)22(25,26)27)21(29)28-12-10-17(11-13-28)6-7-18-14-19(23)8-9-20(18)24;1-2/h3-5,8-9,14,17H,1,6-7,10-13H2,2H3;2H2,1H3/b4-3-,16-5+;. The maximum absolute atomic E-state index is 13.7. The van der Waals surface area contributed by atoms with Crippen LogP contribution in [-0.4, -0.2) is 37.1 Å². The Kier molecular flexibility index (Phi) is 10.6. The summed E-state index contributed by atoms with van der Waals surface area (Å²) in [5, 5.41) is 0. The molecule has 8 heteroatoms. The molecule has 0 unspecified atom stereocenters. The number of benzene rings is 1. The third-order valence-electron chi connectivity index (χ3n) is 5.10. The van der Waals surface area contributed by atoms with Crippen molar-refractivity contribution in [2.45, 2.75) is 38.8 Å². The van der Waals surface area contributed by atoms with Crippen LogP contribution in [0.3, 0.4) is 0 Å². The van der Waals surface area contributed by atoms with Gasteiger partial charge in [-0.1, -0.05) is 24.8 Å². The minimum Gasteiger partial charge on any atom is -0.339 e. The van der Waals surface area contributed by atoms with Gasteiger partial charge in [0.1, 0.15) is 11.6 Å². The highest BCUT2D eigenvalue weighted by atomic mass is 19.4. The van der Waals surface area contributed by atoms with Gasteiger partial charge in [0, 0.05) is 24.2 Å². The van der Waals surface area contributed by atoms with Crippen molar-refractivity contribution in [3.05, 3.63) is 71.4 Å². The molecule has 0 saturated carbocycles. The summed E-state index contributed by atoms with van der Waals surface area (Å²) in [5.74, 6) is -0.901. The number of nitrogens with zero attached hydrogens (tertiary/aromatic N) is 1. The van der Waals surface area contributed by atoms with Crippen molar-refractivity contribution < 1.29 is 26.7 Å². The number of carbonyl (C=O) groups is 1. The van der Waals surface area contributed by atoms with Gasteiger partial charge in [0.25, 0.3) is 5.91 Å². The molecule has 1 aliphatic rings. The van der Waals surface area contributed by atoms with E-state index in [1.54, 1.807) is 4.90 Å². The monoisotopic (exact) mass is 444 g/mol. The first-order valence-electron chi connectivity index (χ1n) is 10.00. The van der Waals surface area contributed by atoms with Crippen LogP contribution in [0.1, 0.15) is 31.7 Å². The molecular weight excluding hydrogens is 415 g/mol. The van der Waals surface area contributed by atoms with E-state index < -0.39 is 23.4 Å². The Labute approximate surface area is 180 Å². The average Bonchev–Trinajstić information content (AvgIpc) is 2.74. The van der Waals surface area contributed by atoms with Gasteiger partial charge in [0.15, 0.2) is 0 Å². The summed E-state index contributed by atoms with van der Waals surface area (Å²) in [7, 11) is 1.50. The summed E-state index contributed by atoms with van der Waals surface area (Å²) in [6, 6.07) is 3.42. The highest BCUT2D eigenvalue weighted by Gasteiger charge is 2.29. The Hall–Kier alpha value is -2.48. The molecule has 0 radical (unpaired) electrons. The highest BCUT2D eigenvalue weighted by Crippen LogP contribution is 2.26. The van der Waals surface area contributed by atoms with E-state index in [1.165, 1.54) is 25.3 Å². The number of nitrogens with two attached hydrogens (primary N) is 1. The third-order valence-corrected chi connectivity index (χ3v) is 5.10. The zero-order valence-corrected chi connectivity index (χ0v) is 17.8. The van der Waals surface area contributed by atoms with Crippen molar-refractivity contribution in [2.24, 2.45) is 11.7 Å². The number of halogens is 5. The fourth-order valence-electron chi connectivity index (χ4n) is 3.20. The number of allylic oxidation sites excluding steroid dienone is 3. The molecule has 172 valence electrons. The number of amides is 1. The normalized spacial score (nSPS) is 15.6. The summed E-state index contributed by atoms with van der Waals surface area (Å²) >= 11 is 0. The zero-order valence-electron chi connectivity index (χ0n) is 17.8. The van der Waals surface area contributed by atoms with E-state index in [1.807, 2.05) is 0 Å². The van der Waals surface area contributed by atoms with E-state index in [-0.39, 0.29) is 11.5 Å². The predicted molar refractivity (Wildman–Crippen MR) is 112 cm³/mol. The quantitative estimate of drug-likeness (QED) is 0.366. The molecule has 0 aromatic heterocycles. The van der Waals surface area contributed by atoms with Crippen LogP contribution >= 0.6 is 0 Å². The van der Waals surface area contributed by atoms with Gasteiger partial charge in [-0.05, 0) is 69.3 Å². The summed E-state index contributed by atoms with van der Waals surface area (Å²) < 4.78 is 64.2. The van der Waals surface area contributed by atoms with Crippen molar-refractivity contribution in [3.63, 3.8) is 0 Å². The molecule has 3 nitrogen and oxygen atoms in total. The van der Waals surface area contributed by atoms with Crippen molar-refractivity contribution in [1.82, 2.24) is 4.90 Å². The maximum Gasteiger partial charge on any atom is 0.412 e. The molecule has 1 aromatic rings. The fraction of sp³-hybridized carbons (Fsp3) is 0.435. The van der Waals surface area contributed by atoms with E-state index in [0.29, 0.717) is 37.4 Å². The van der Waals surface area contributed by atoms with Crippen molar-refractivity contribution in [3.8, 4) is 0 Å². The van der Waals surface area contributed by atoms with Gasteiger partial charge in [-0.2, -0.15) is 13.2 Å². The largest absolute Gasteiger partial charge is 0.412 e. The summed E-state index contributed by atoms with van der Waals surface area (Å²) in [4.78, 5) is 14.0. The first-order valence-corrected chi connectivity index (χ1v) is 10.00. The SMILES string of the molecule is C=C(/C=C\C=C(/C)C(F)(F)F)C(=O)N1CCC(CCc2cc(F)ccc2F)CC1.CN. The van der Waals surface area contributed by atoms with Gasteiger partial charge in [0.2, 0.25) is 0 Å². The van der Waals surface area contributed by atoms with Crippen LogP contribution in [0.25, 0.3) is 0 Å². The number of hydrogen-bond acceptors (Lipinski definition) is 2. The van der Waals surface area contributed by atoms with E-state index in [9.17, 15) is 26.7 Å². The Balaban J connectivity index is 0.00000233. The number of alkyl halides is 3. The second kappa shape index (κ2) is 12.4. The maximum atomic E-state index is 13.7. The smallest absolute Gasteiger partial charge is 0.339 e. The van der Waals surface area contributed by atoms with Gasteiger partial charge in [-0.15, -0.1) is 0 Å². The number of piperidine rings is 1. The Morgan fingerprint density at radius 1 is 1.23 bits per heavy atom. The Morgan fingerprint density at radius 2 is 1.84 bits per heavy atom. The number of aryl methyl sites for hydroxylation is 1. The lowest BCUT2D eigenvalue weighted by molar-refractivity contribution is -0.128. The molecule has 2 N–H and O–H groups in total. The molecule has 31 heavy (non-hydrogen) atoms. The Morgan fingerprint density at radius 3 is 2.42 bits per heavy atom. The van der Waals surface area contributed by atoms with Crippen LogP contribution in [-0.2, 0) is 11.2 Å². The lowest BCUT2D eigenvalue weighted by atomic mass is 9.90. The van der Waals surface area contributed by atoms with Crippen LogP contribution in [0.2, 0.25) is 0 Å². The van der Waals surface area contributed by atoms with Gasteiger partial charge in [0.05, 0.1) is 0 Å². The topological polar surface area (TPSA) is 46.3 Å². The Bertz CT molecular complexity index is 807. The molecule has 2 rings (SSSR count). The van der Waals surface area contributed by atoms with Gasteiger partial charge in [-0.25, -0.2) is 8.78 Å². The molecule has 0 aliphatic carbocycles. The van der Waals surface area contributed by atoms with E-state index >= 15 is 0 Å². The van der Waals surface area contributed by atoms with Crippen LogP contribution in [0.4, 0.5) is 22.0 Å². The third kappa shape index (κ3) is 8.65. The minimum atomic E-state index is -4.40. The second-order valence-electron chi connectivity index (χ2n) is 7.24. The van der Waals surface area contributed by atoms with Crippen LogP contribution in [0, 0.1) is 17.6 Å². The lowest BCUT2D eigenvalue weighted by Crippen LogP contribution is -2.39. The number of likely N-dealkylation sites (tertiary alicyclic amines) is 1. The molecule has 0 spiro atoms. The van der Waals surface area contributed by atoms with Crippen molar-refractivity contribution in [2.75, 3.05) is 20.1 Å². The fourth-order valence-corrected chi connectivity index (χ4v) is 3.20. The lowest BCUT2D eigenvalue weighted by Gasteiger charge is -2.32. The molecule has 1 aromatic carbocycles. The molecule has 1 saturated heterocycles. The number of rotatable bonds is 6. The average molecular weight is 444 g/mol. The number of carbonyl (C=O) groups excluding carboxylic acids is 1. The molecular formula is C23H29F5N2O. The second-order valence-corrected chi connectivity index (χ2v) is 7.24. The van der Waals surface area contributed by atoms with Crippen molar-refractivity contribution >= 4 is 5.91 Å². The molecule has 1 heterocycles. The molecule has 0 bridgehead atoms. The van der Waals surface area contributed by atoms with Crippen LogP contribution in [0.15, 0.2) is 54.2 Å². The van der Waals surface area contributed by atoms with Crippen molar-refractivity contribution in [1.29, 1.82) is 0 Å². The summed E-state index contributed by atoms with van der Waals surface area (Å²) in [6.45, 7) is 5.59. The van der Waals surface area contributed by atoms with E-state index in [4.69, 9.17) is 0 Å². The van der Waals surface area contributed by atoms with E-state index in [2.05, 4.69) is 12.3 Å². The van der Waals surface area contributed by atoms with Crippen LogP contribution < -0.4 is 5.73 Å². The predicted octanol–water partition coefficient (Wildman–Crippen LogP) is 5.33. The van der Waals surface area contributed by atoms with Gasteiger partial charge in [-0.3, -0.25) is 4.79 Å². The van der Waals surface area contributed by atoms with Crippen LogP contribution in [0.5, 0.6) is 0 Å². The van der Waals surface area contributed by atoms with Gasteiger partial charge >= 0.3 is 6.18 Å². The zero-order chi connectivity index (χ0) is 23.6. The first-order chi connectivity index (χ1) is 14.6. The minimum absolute atomic E-state index is 0.122. The van der Waals surface area contributed by atoms with Gasteiger partial charge < -0.3 is 10.6 Å². The van der Waals surface area contributed by atoms with E-state index in [0.717, 1.165) is 38.0 Å². The molecule has 1 aliphatic heterocycles. The molecule has 1 amide bonds. The number of hydrogen-bond donors (Lipinski definition) is 1.